The van der Waals surface area contributed by atoms with E-state index in [2.05, 4.69) is 5.32 Å². The van der Waals surface area contributed by atoms with Crippen LogP contribution >= 0.6 is 0 Å². The van der Waals surface area contributed by atoms with Crippen LogP contribution in [0, 0.1) is 6.92 Å². The van der Waals surface area contributed by atoms with Gasteiger partial charge in [0.05, 0.1) is 25.3 Å². The van der Waals surface area contributed by atoms with E-state index in [4.69, 9.17) is 10.5 Å². The van der Waals surface area contributed by atoms with Crippen LogP contribution in [0.3, 0.4) is 0 Å². The molecule has 1 aromatic carbocycles. The number of aryl methyl sites for hydroxylation is 1. The van der Waals surface area contributed by atoms with E-state index in [1.807, 2.05) is 25.1 Å². The molecule has 0 bridgehead atoms. The predicted octanol–water partition coefficient (Wildman–Crippen LogP) is -0.205. The molecule has 1 aliphatic rings. The maximum atomic E-state index is 12.1. The fourth-order valence-corrected chi connectivity index (χ4v) is 1.93. The van der Waals surface area contributed by atoms with Crippen molar-refractivity contribution < 1.29 is 14.3 Å². The van der Waals surface area contributed by atoms with Gasteiger partial charge in [0.15, 0.2) is 0 Å². The lowest BCUT2D eigenvalue weighted by atomic mass is 10.1. The first kappa shape index (κ1) is 13.4. The highest BCUT2D eigenvalue weighted by Crippen LogP contribution is 2.32. The second kappa shape index (κ2) is 5.71. The number of nitrogens with zero attached hydrogens (tertiary/aromatic N) is 1. The largest absolute Gasteiger partial charge is 0.490 e. The summed E-state index contributed by atoms with van der Waals surface area (Å²) in [5, 5.41) is 2.48. The molecular weight excluding hydrogens is 246 g/mol. The van der Waals surface area contributed by atoms with E-state index in [0.717, 1.165) is 11.3 Å². The third kappa shape index (κ3) is 3.03. The number of hydrogen-bond acceptors (Lipinski definition) is 4. The quantitative estimate of drug-likeness (QED) is 0.790. The number of fused-ring (bicyclic) bond motifs is 1. The van der Waals surface area contributed by atoms with Gasteiger partial charge in [-0.2, -0.15) is 0 Å². The van der Waals surface area contributed by atoms with Crippen molar-refractivity contribution in [2.75, 3.05) is 31.1 Å². The number of nitrogens with two attached hydrogens (primary N) is 1. The van der Waals surface area contributed by atoms with Crippen molar-refractivity contribution in [2.45, 2.75) is 6.92 Å². The van der Waals surface area contributed by atoms with Gasteiger partial charge in [-0.05, 0) is 24.6 Å². The third-order valence-electron chi connectivity index (χ3n) is 2.90. The minimum atomic E-state index is -0.342. The van der Waals surface area contributed by atoms with Crippen molar-refractivity contribution >= 4 is 17.5 Å². The number of hydrogen-bond donors (Lipinski definition) is 2. The van der Waals surface area contributed by atoms with Gasteiger partial charge in [-0.3, -0.25) is 9.59 Å². The number of anilines is 1. The van der Waals surface area contributed by atoms with Crippen LogP contribution in [0.5, 0.6) is 5.75 Å². The second-order valence-electron chi connectivity index (χ2n) is 4.35. The molecular formula is C13H17N3O3. The lowest BCUT2D eigenvalue weighted by Crippen LogP contribution is -2.45. The van der Waals surface area contributed by atoms with Gasteiger partial charge in [-0.25, -0.2) is 0 Å². The maximum Gasteiger partial charge on any atom is 0.246 e. The molecule has 0 fully saturated rings. The molecule has 1 aliphatic heterocycles. The van der Waals surface area contributed by atoms with Gasteiger partial charge in [0.2, 0.25) is 11.8 Å². The molecule has 0 radical (unpaired) electrons. The summed E-state index contributed by atoms with van der Waals surface area (Å²) in [5.74, 6) is 0.186. The summed E-state index contributed by atoms with van der Waals surface area (Å²) >= 11 is 0. The Balaban J connectivity index is 2.10. The number of nitrogens with one attached hydrogen (secondary N) is 1. The molecule has 2 amide bonds. The Kier molecular flexibility index (Phi) is 4.01. The summed E-state index contributed by atoms with van der Waals surface area (Å²) in [6.45, 7) is 2.72. The minimum Gasteiger partial charge on any atom is -0.490 e. The van der Waals surface area contributed by atoms with Crippen LogP contribution in [0.25, 0.3) is 0 Å². The molecule has 2 rings (SSSR count). The van der Waals surface area contributed by atoms with Gasteiger partial charge >= 0.3 is 0 Å². The lowest BCUT2D eigenvalue weighted by molar-refractivity contribution is -0.124. The zero-order chi connectivity index (χ0) is 13.8. The Labute approximate surface area is 111 Å². The van der Waals surface area contributed by atoms with E-state index in [9.17, 15) is 9.59 Å². The summed E-state index contributed by atoms with van der Waals surface area (Å²) in [6, 6.07) is 5.67. The first-order valence-corrected chi connectivity index (χ1v) is 6.12. The van der Waals surface area contributed by atoms with Gasteiger partial charge < -0.3 is 20.7 Å². The lowest BCUT2D eigenvalue weighted by Gasteiger charge is -2.29. The summed E-state index contributed by atoms with van der Waals surface area (Å²) in [7, 11) is 0. The van der Waals surface area contributed by atoms with E-state index in [1.165, 1.54) is 0 Å². The smallest absolute Gasteiger partial charge is 0.246 e. The predicted molar refractivity (Wildman–Crippen MR) is 71.1 cm³/mol. The highest BCUT2D eigenvalue weighted by molar-refractivity contribution is 5.98. The normalized spacial score (nSPS) is 13.5. The van der Waals surface area contributed by atoms with Crippen molar-refractivity contribution in [3.8, 4) is 5.75 Å². The summed E-state index contributed by atoms with van der Waals surface area (Å²) in [5.41, 5.74) is 6.99. The number of carbonyl (C=O) groups excluding carboxylic acids is 2. The van der Waals surface area contributed by atoms with E-state index >= 15 is 0 Å². The second-order valence-corrected chi connectivity index (χ2v) is 4.35. The first-order chi connectivity index (χ1) is 9.11. The van der Waals surface area contributed by atoms with Gasteiger partial charge in [-0.1, -0.05) is 6.07 Å². The number of rotatable bonds is 3. The molecule has 1 aromatic rings. The van der Waals surface area contributed by atoms with Gasteiger partial charge in [0.25, 0.3) is 0 Å². The molecule has 0 unspecified atom stereocenters. The molecule has 1 heterocycles. The minimum absolute atomic E-state index is 0.0522. The van der Waals surface area contributed by atoms with E-state index < -0.39 is 0 Å². The van der Waals surface area contributed by atoms with E-state index in [-0.39, 0.29) is 24.9 Å². The molecule has 0 aromatic heterocycles. The zero-order valence-electron chi connectivity index (χ0n) is 10.8. The topological polar surface area (TPSA) is 84.7 Å². The van der Waals surface area contributed by atoms with Crippen molar-refractivity contribution in [3.63, 3.8) is 0 Å². The molecule has 0 spiro atoms. The van der Waals surface area contributed by atoms with Crippen LogP contribution in [0.4, 0.5) is 5.69 Å². The van der Waals surface area contributed by atoms with Crippen molar-refractivity contribution in [1.29, 1.82) is 0 Å². The van der Waals surface area contributed by atoms with E-state index in [1.54, 1.807) is 4.90 Å². The average Bonchev–Trinajstić information content (AvgIpc) is 2.43. The highest BCUT2D eigenvalue weighted by atomic mass is 16.5. The average molecular weight is 263 g/mol. The third-order valence-corrected chi connectivity index (χ3v) is 2.90. The van der Waals surface area contributed by atoms with Crippen LogP contribution in [-0.4, -0.2) is 38.1 Å². The Morgan fingerprint density at radius 3 is 3.00 bits per heavy atom. The van der Waals surface area contributed by atoms with Crippen LogP contribution in [-0.2, 0) is 9.59 Å². The van der Waals surface area contributed by atoms with E-state index in [0.29, 0.717) is 18.9 Å². The fourth-order valence-electron chi connectivity index (χ4n) is 1.93. The fraction of sp³-hybridized carbons (Fsp3) is 0.385. The van der Waals surface area contributed by atoms with Crippen molar-refractivity contribution in [1.82, 2.24) is 5.32 Å². The zero-order valence-corrected chi connectivity index (χ0v) is 10.8. The number of amides is 2. The highest BCUT2D eigenvalue weighted by Gasteiger charge is 2.23. The molecule has 0 aliphatic carbocycles. The summed E-state index contributed by atoms with van der Waals surface area (Å²) in [4.78, 5) is 24.8. The van der Waals surface area contributed by atoms with Crippen LogP contribution in [0.2, 0.25) is 0 Å². The van der Waals surface area contributed by atoms with Gasteiger partial charge in [-0.15, -0.1) is 0 Å². The first-order valence-electron chi connectivity index (χ1n) is 6.12. The van der Waals surface area contributed by atoms with Gasteiger partial charge in [0.1, 0.15) is 12.4 Å². The molecule has 6 nitrogen and oxygen atoms in total. The van der Waals surface area contributed by atoms with Crippen LogP contribution in [0.1, 0.15) is 5.56 Å². The number of carbonyl (C=O) groups is 2. The molecule has 3 N–H and O–H groups in total. The SMILES string of the molecule is Cc1ccc2c(c1)OCCN2C(=O)CNC(=O)CN. The molecule has 102 valence electrons. The van der Waals surface area contributed by atoms with Crippen LogP contribution < -0.4 is 20.7 Å². The molecule has 0 atom stereocenters. The van der Waals surface area contributed by atoms with Crippen molar-refractivity contribution in [2.24, 2.45) is 5.73 Å². The number of benzene rings is 1. The monoisotopic (exact) mass is 263 g/mol. The Morgan fingerprint density at radius 2 is 2.26 bits per heavy atom. The van der Waals surface area contributed by atoms with Crippen molar-refractivity contribution in [3.05, 3.63) is 23.8 Å². The molecule has 0 saturated heterocycles. The summed E-state index contributed by atoms with van der Waals surface area (Å²) in [6.07, 6.45) is 0. The molecule has 19 heavy (non-hydrogen) atoms. The molecule has 6 heteroatoms. The van der Waals surface area contributed by atoms with Crippen LogP contribution in [0.15, 0.2) is 18.2 Å². The Hall–Kier alpha value is -2.08. The Bertz CT molecular complexity index is 502. The molecule has 0 saturated carbocycles. The van der Waals surface area contributed by atoms with Gasteiger partial charge in [0, 0.05) is 0 Å². The number of ether oxygens (including phenoxy) is 1. The maximum absolute atomic E-state index is 12.1. The standard InChI is InChI=1S/C13H17N3O3/c1-9-2-3-10-11(6-9)19-5-4-16(10)13(18)8-15-12(17)7-14/h2-3,6H,4-5,7-8,14H2,1H3,(H,15,17). The Morgan fingerprint density at radius 1 is 1.47 bits per heavy atom. The summed E-state index contributed by atoms with van der Waals surface area (Å²) < 4.78 is 5.53.